The minimum Gasteiger partial charge on any atom is -1.00 e. The maximum atomic E-state index is 10.4. The third kappa shape index (κ3) is 11.1. The molecule has 1 aromatic rings. The first kappa shape index (κ1) is 20.3. The van der Waals surface area contributed by atoms with E-state index in [1.54, 1.807) is 0 Å². The van der Waals surface area contributed by atoms with Crippen molar-refractivity contribution in [3.63, 3.8) is 0 Å². The minimum atomic E-state index is -0.643. The van der Waals surface area contributed by atoms with Gasteiger partial charge in [0.05, 0.1) is 5.92 Å². The molecule has 0 aromatic heterocycles. The Kier molecular flexibility index (Phi) is 15.1. The summed E-state index contributed by atoms with van der Waals surface area (Å²) in [5, 5.41) is 8.60. The summed E-state index contributed by atoms with van der Waals surface area (Å²) in [5.41, 5.74) is 1.32. The zero-order valence-corrected chi connectivity index (χ0v) is 14.1. The van der Waals surface area contributed by atoms with Crippen molar-refractivity contribution in [3.8, 4) is 0 Å². The number of aliphatic carboxylic acids is 1. The molecule has 0 spiro atoms. The third-order valence-corrected chi connectivity index (χ3v) is 2.69. The maximum absolute atomic E-state index is 10.4. The molecule has 1 atom stereocenters. The van der Waals surface area contributed by atoms with E-state index in [0.29, 0.717) is 0 Å². The van der Waals surface area contributed by atoms with Crippen molar-refractivity contribution < 1.29 is 12.8 Å². The summed E-state index contributed by atoms with van der Waals surface area (Å²) in [5.74, 6) is -0.754. The normalized spacial score (nSPS) is 10.6. The largest absolute Gasteiger partial charge is 2.00 e. The molecule has 3 heteroatoms. The van der Waals surface area contributed by atoms with Crippen LogP contribution in [0.15, 0.2) is 30.3 Å². The SMILES string of the molecule is CCCCC(CC)C(=O)O.Cc1ccccc1.[Ca+2].[H-].[H-]. The van der Waals surface area contributed by atoms with Crippen molar-refractivity contribution in [1.82, 2.24) is 0 Å². The van der Waals surface area contributed by atoms with Crippen molar-refractivity contribution in [2.24, 2.45) is 5.92 Å². The molecule has 0 aliphatic heterocycles. The summed E-state index contributed by atoms with van der Waals surface area (Å²) < 4.78 is 0. The van der Waals surface area contributed by atoms with E-state index < -0.39 is 5.97 Å². The van der Waals surface area contributed by atoms with E-state index in [9.17, 15) is 4.79 Å². The molecule has 0 radical (unpaired) electrons. The molecule has 0 aliphatic carbocycles. The Hall–Kier alpha value is -0.0503. The van der Waals surface area contributed by atoms with Crippen LogP contribution >= 0.6 is 0 Å². The average Bonchev–Trinajstić information content (AvgIpc) is 2.31. The number of hydrogen-bond acceptors (Lipinski definition) is 1. The molecule has 2 nitrogen and oxygen atoms in total. The van der Waals surface area contributed by atoms with Crippen LogP contribution in [0.3, 0.4) is 0 Å². The minimum absolute atomic E-state index is 0. The Labute approximate surface area is 144 Å². The van der Waals surface area contributed by atoms with Gasteiger partial charge >= 0.3 is 43.7 Å². The zero-order valence-electron chi connectivity index (χ0n) is 13.9. The van der Waals surface area contributed by atoms with E-state index in [1.165, 1.54) is 5.56 Å². The maximum Gasteiger partial charge on any atom is 2.00 e. The van der Waals surface area contributed by atoms with E-state index >= 15 is 0 Å². The van der Waals surface area contributed by atoms with Crippen molar-refractivity contribution >= 4 is 43.7 Å². The molecule has 1 aromatic carbocycles. The van der Waals surface area contributed by atoms with Gasteiger partial charge in [-0.3, -0.25) is 4.79 Å². The third-order valence-electron chi connectivity index (χ3n) is 2.69. The van der Waals surface area contributed by atoms with Crippen molar-refractivity contribution in [2.45, 2.75) is 46.5 Å². The molecule has 0 aliphatic rings. The van der Waals surface area contributed by atoms with Gasteiger partial charge in [-0.05, 0) is 19.8 Å². The second-order valence-corrected chi connectivity index (χ2v) is 4.24. The van der Waals surface area contributed by atoms with E-state index in [1.807, 2.05) is 25.1 Å². The fourth-order valence-corrected chi connectivity index (χ4v) is 1.49. The number of carboxylic acid groups (broad SMARTS) is 1. The molecule has 18 heavy (non-hydrogen) atoms. The number of unbranched alkanes of at least 4 members (excludes halogenated alkanes) is 1. The Morgan fingerprint density at radius 3 is 2.11 bits per heavy atom. The number of carbonyl (C=O) groups is 1. The van der Waals surface area contributed by atoms with Gasteiger partial charge in [0.25, 0.3) is 0 Å². The number of aryl methyl sites for hydroxylation is 1. The summed E-state index contributed by atoms with van der Waals surface area (Å²) in [4.78, 5) is 10.4. The van der Waals surface area contributed by atoms with Crippen molar-refractivity contribution in [3.05, 3.63) is 35.9 Å². The molecule has 0 amide bonds. The van der Waals surface area contributed by atoms with Crippen LogP contribution in [0.4, 0.5) is 0 Å². The first-order valence-corrected chi connectivity index (χ1v) is 6.36. The predicted octanol–water partition coefficient (Wildman–Crippen LogP) is 4.13. The monoisotopic (exact) mass is 278 g/mol. The molecular weight excluding hydrogens is 252 g/mol. The quantitative estimate of drug-likeness (QED) is 0.822. The number of benzene rings is 1. The molecule has 1 rings (SSSR count). The van der Waals surface area contributed by atoms with E-state index in [2.05, 4.69) is 26.0 Å². The summed E-state index contributed by atoms with van der Waals surface area (Å²) in [6.45, 7) is 6.09. The molecule has 1 unspecified atom stereocenters. The van der Waals surface area contributed by atoms with Crippen molar-refractivity contribution in [1.29, 1.82) is 0 Å². The summed E-state index contributed by atoms with van der Waals surface area (Å²) in [6, 6.07) is 10.3. The van der Waals surface area contributed by atoms with Gasteiger partial charge in [0.1, 0.15) is 0 Å². The molecule has 0 fully saturated rings. The van der Waals surface area contributed by atoms with Crippen LogP contribution in [0.2, 0.25) is 0 Å². The zero-order chi connectivity index (χ0) is 13.1. The smallest absolute Gasteiger partial charge is 1.00 e. The first-order chi connectivity index (χ1) is 8.11. The Morgan fingerprint density at radius 2 is 1.83 bits per heavy atom. The van der Waals surface area contributed by atoms with Crippen LogP contribution < -0.4 is 0 Å². The standard InChI is InChI=1S/C8H16O2.C7H8.Ca.2H/c1-3-5-6-7(4-2)8(9)10;1-7-5-3-2-4-6-7;;;/h7H,3-6H2,1-2H3,(H,9,10);2-6H,1H3;;;/q;;+2;2*-1. The first-order valence-electron chi connectivity index (χ1n) is 6.36. The van der Waals surface area contributed by atoms with Gasteiger partial charge in [0.2, 0.25) is 0 Å². The van der Waals surface area contributed by atoms with Crippen molar-refractivity contribution in [2.75, 3.05) is 0 Å². The Morgan fingerprint density at radius 1 is 1.28 bits per heavy atom. The fraction of sp³-hybridized carbons (Fsp3) is 0.533. The van der Waals surface area contributed by atoms with Gasteiger partial charge in [0.15, 0.2) is 0 Å². The molecule has 1 N–H and O–H groups in total. The van der Waals surface area contributed by atoms with E-state index in [4.69, 9.17) is 5.11 Å². The Balaban J connectivity index is -0.000000115. The van der Waals surface area contributed by atoms with Gasteiger partial charge in [-0.1, -0.05) is 62.6 Å². The van der Waals surface area contributed by atoms with Crippen LogP contribution in [-0.4, -0.2) is 48.8 Å². The second-order valence-electron chi connectivity index (χ2n) is 4.24. The van der Waals surface area contributed by atoms with E-state index in [-0.39, 0.29) is 46.5 Å². The van der Waals surface area contributed by atoms with Crippen LogP contribution in [0.25, 0.3) is 0 Å². The molecule has 0 saturated heterocycles. The topological polar surface area (TPSA) is 37.3 Å². The van der Waals surface area contributed by atoms with Crippen LogP contribution in [0.1, 0.15) is 47.9 Å². The van der Waals surface area contributed by atoms with Gasteiger partial charge in [-0.25, -0.2) is 0 Å². The van der Waals surface area contributed by atoms with Gasteiger partial charge in [0, 0.05) is 0 Å². The molecule has 0 heterocycles. The van der Waals surface area contributed by atoms with Crippen LogP contribution in [-0.2, 0) is 4.79 Å². The molecule has 0 saturated carbocycles. The summed E-state index contributed by atoms with van der Waals surface area (Å²) in [7, 11) is 0. The van der Waals surface area contributed by atoms with E-state index in [0.717, 1.165) is 25.7 Å². The predicted molar refractivity (Wildman–Crippen MR) is 80.1 cm³/mol. The number of rotatable bonds is 5. The van der Waals surface area contributed by atoms with Gasteiger partial charge < -0.3 is 7.96 Å². The average molecular weight is 278 g/mol. The van der Waals surface area contributed by atoms with Crippen LogP contribution in [0, 0.1) is 12.8 Å². The number of hydrogen-bond donors (Lipinski definition) is 1. The number of carboxylic acids is 1. The summed E-state index contributed by atoms with van der Waals surface area (Å²) in [6.07, 6.45) is 3.71. The van der Waals surface area contributed by atoms with Gasteiger partial charge in [-0.2, -0.15) is 0 Å². The summed E-state index contributed by atoms with van der Waals surface area (Å²) >= 11 is 0. The molecule has 0 bridgehead atoms. The fourth-order valence-electron chi connectivity index (χ4n) is 1.49. The Bertz CT molecular complexity index is 308. The molecular formula is C15H26CaO2. The van der Waals surface area contributed by atoms with Crippen LogP contribution in [0.5, 0.6) is 0 Å². The van der Waals surface area contributed by atoms with Gasteiger partial charge in [-0.15, -0.1) is 0 Å². The molecule has 100 valence electrons. The second kappa shape index (κ2) is 13.4.